The minimum absolute atomic E-state index is 0.0647. The summed E-state index contributed by atoms with van der Waals surface area (Å²) < 4.78 is 37.8. The smallest absolute Gasteiger partial charge is 0.294 e. The zero-order valence-electron chi connectivity index (χ0n) is 14.1. The highest BCUT2D eigenvalue weighted by atomic mass is 32.2. The molecule has 0 atom stereocenters. The van der Waals surface area contributed by atoms with Gasteiger partial charge >= 0.3 is 0 Å². The predicted molar refractivity (Wildman–Crippen MR) is 103 cm³/mol. The van der Waals surface area contributed by atoms with Crippen LogP contribution in [0.15, 0.2) is 73.5 Å². The molecule has 3 aromatic carbocycles. The zero-order valence-corrected chi connectivity index (χ0v) is 14.9. The van der Waals surface area contributed by atoms with Crippen molar-refractivity contribution in [3.05, 3.63) is 85.8 Å². The Bertz CT molecular complexity index is 1730. The summed E-state index contributed by atoms with van der Waals surface area (Å²) in [4.78, 5) is 27.8. The molecule has 7 nitrogen and oxygen atoms in total. The number of benzene rings is 3. The summed E-state index contributed by atoms with van der Waals surface area (Å²) >= 11 is 0. The lowest BCUT2D eigenvalue weighted by Gasteiger charge is -2.07. The first kappa shape index (κ1) is 16.7. The summed E-state index contributed by atoms with van der Waals surface area (Å²) in [6.45, 7) is 0. The van der Waals surface area contributed by atoms with Gasteiger partial charge < -0.3 is 9.40 Å². The number of aromatic amines is 1. The Morgan fingerprint density at radius 3 is 2.36 bits per heavy atom. The van der Waals surface area contributed by atoms with E-state index in [0.29, 0.717) is 38.0 Å². The summed E-state index contributed by atoms with van der Waals surface area (Å²) in [6.07, 6.45) is 0. The van der Waals surface area contributed by atoms with Crippen LogP contribution >= 0.6 is 0 Å². The van der Waals surface area contributed by atoms with Gasteiger partial charge in [-0.1, -0.05) is 36.4 Å². The van der Waals surface area contributed by atoms with E-state index in [0.717, 1.165) is 0 Å². The first-order valence-corrected chi connectivity index (χ1v) is 9.70. The molecule has 0 saturated heterocycles. The molecule has 0 spiro atoms. The lowest BCUT2D eigenvalue weighted by molar-refractivity contribution is 0.483. The van der Waals surface area contributed by atoms with Gasteiger partial charge in [0.05, 0.1) is 15.8 Å². The van der Waals surface area contributed by atoms with E-state index in [1.54, 1.807) is 42.5 Å². The Morgan fingerprint density at radius 1 is 0.857 bits per heavy atom. The van der Waals surface area contributed by atoms with E-state index in [4.69, 9.17) is 4.42 Å². The van der Waals surface area contributed by atoms with Crippen molar-refractivity contribution in [2.24, 2.45) is 0 Å². The molecule has 28 heavy (non-hydrogen) atoms. The Labute approximate surface area is 156 Å². The van der Waals surface area contributed by atoms with Gasteiger partial charge in [0.25, 0.3) is 15.5 Å². The molecule has 3 aromatic rings. The van der Waals surface area contributed by atoms with E-state index in [1.807, 2.05) is 0 Å². The molecule has 1 aliphatic carbocycles. The summed E-state index contributed by atoms with van der Waals surface area (Å²) in [7, 11) is -4.33. The summed E-state index contributed by atoms with van der Waals surface area (Å²) in [5.41, 5.74) is -0.543. The fourth-order valence-electron chi connectivity index (χ4n) is 3.48. The number of aromatic nitrogens is 1. The van der Waals surface area contributed by atoms with Crippen LogP contribution in [-0.2, 0) is 10.1 Å². The van der Waals surface area contributed by atoms with Crippen molar-refractivity contribution in [1.82, 2.24) is 4.98 Å². The van der Waals surface area contributed by atoms with E-state index < -0.39 is 21.0 Å². The van der Waals surface area contributed by atoms with E-state index >= 15 is 0 Å². The maximum atomic E-state index is 12.5. The third-order valence-corrected chi connectivity index (χ3v) is 5.64. The van der Waals surface area contributed by atoms with Crippen LogP contribution in [0, 0.1) is 10.8 Å². The quantitative estimate of drug-likeness (QED) is 0.334. The van der Waals surface area contributed by atoms with Gasteiger partial charge in [0.1, 0.15) is 0 Å². The van der Waals surface area contributed by atoms with Crippen LogP contribution in [0.5, 0.6) is 0 Å². The Kier molecular flexibility index (Phi) is 3.28. The maximum Gasteiger partial charge on any atom is 0.294 e. The SMILES string of the molecule is O=c1c2oc3ccc4cc(S(=O)(=O)O)ccc4c3[nH]c=2c2ccccc2c1=O. The average molecular weight is 393 g/mol. The lowest BCUT2D eigenvalue weighted by atomic mass is 10.1. The molecule has 0 fully saturated rings. The first-order chi connectivity index (χ1) is 13.3. The van der Waals surface area contributed by atoms with Gasteiger partial charge in [-0.25, -0.2) is 0 Å². The van der Waals surface area contributed by atoms with Crippen LogP contribution in [0.25, 0.3) is 32.6 Å². The lowest BCUT2D eigenvalue weighted by Crippen LogP contribution is -2.25. The minimum Gasteiger partial charge on any atom is -0.449 e. The molecule has 0 unspecified atom stereocenters. The largest absolute Gasteiger partial charge is 0.449 e. The summed E-state index contributed by atoms with van der Waals surface area (Å²) in [6, 6.07) is 14.1. The van der Waals surface area contributed by atoms with Crippen molar-refractivity contribution >= 4 is 42.8 Å². The highest BCUT2D eigenvalue weighted by molar-refractivity contribution is 7.85. The van der Waals surface area contributed by atoms with Gasteiger partial charge in [0.15, 0.2) is 5.58 Å². The van der Waals surface area contributed by atoms with Crippen LogP contribution in [-0.4, -0.2) is 18.0 Å². The van der Waals surface area contributed by atoms with Crippen LogP contribution in [0.1, 0.15) is 0 Å². The first-order valence-electron chi connectivity index (χ1n) is 8.26. The van der Waals surface area contributed by atoms with E-state index in [-0.39, 0.29) is 10.3 Å². The van der Waals surface area contributed by atoms with Gasteiger partial charge in [-0.15, -0.1) is 0 Å². The molecule has 0 saturated carbocycles. The molecule has 0 radical (unpaired) electrons. The molecule has 8 heteroatoms. The third-order valence-electron chi connectivity index (χ3n) is 4.79. The molecule has 0 bridgehead atoms. The molecule has 1 heterocycles. The molecule has 0 aromatic heterocycles. The van der Waals surface area contributed by atoms with Gasteiger partial charge in [0, 0.05) is 16.2 Å². The van der Waals surface area contributed by atoms with Crippen LogP contribution < -0.4 is 10.9 Å². The van der Waals surface area contributed by atoms with Crippen molar-refractivity contribution in [2.45, 2.75) is 4.90 Å². The topological polar surface area (TPSA) is 117 Å². The zero-order chi connectivity index (χ0) is 19.6. The number of nitrogens with one attached hydrogen (secondary N) is 1. The Hall–Kier alpha value is -3.49. The molecule has 2 aliphatic rings. The normalized spacial score (nSPS) is 12.3. The molecular weight excluding hydrogens is 382 g/mol. The van der Waals surface area contributed by atoms with Crippen LogP contribution in [0.2, 0.25) is 0 Å². The third kappa shape index (κ3) is 2.29. The molecule has 2 N–H and O–H groups in total. The number of hydrogen-bond donors (Lipinski definition) is 2. The fraction of sp³-hybridized carbons (Fsp3) is 0. The molecule has 0 amide bonds. The number of fused-ring (bicyclic) bond motifs is 5. The van der Waals surface area contributed by atoms with E-state index in [2.05, 4.69) is 4.98 Å². The van der Waals surface area contributed by atoms with Gasteiger partial charge in [0.2, 0.25) is 10.8 Å². The van der Waals surface area contributed by atoms with Crippen molar-refractivity contribution in [1.29, 1.82) is 0 Å². The number of H-pyrrole nitrogens is 1. The number of hydrogen-bond acceptors (Lipinski definition) is 5. The predicted octanol–water partition coefficient (Wildman–Crippen LogP) is 2.76. The van der Waals surface area contributed by atoms with Gasteiger partial charge in [-0.05, 0) is 23.6 Å². The van der Waals surface area contributed by atoms with Crippen molar-refractivity contribution in [3.8, 4) is 0 Å². The fourth-order valence-corrected chi connectivity index (χ4v) is 4.00. The van der Waals surface area contributed by atoms with Crippen molar-refractivity contribution in [2.75, 3.05) is 0 Å². The monoisotopic (exact) mass is 393 g/mol. The number of rotatable bonds is 1. The van der Waals surface area contributed by atoms with Gasteiger partial charge in [-0.3, -0.25) is 14.1 Å². The second-order valence-corrected chi connectivity index (χ2v) is 7.85. The van der Waals surface area contributed by atoms with Crippen molar-refractivity contribution in [3.63, 3.8) is 0 Å². The van der Waals surface area contributed by atoms with Crippen LogP contribution in [0.4, 0.5) is 0 Å². The summed E-state index contributed by atoms with van der Waals surface area (Å²) in [5.74, 6) is 0. The molecule has 1 aliphatic heterocycles. The second-order valence-electron chi connectivity index (χ2n) is 6.43. The molecular formula is C20H11NO6S. The van der Waals surface area contributed by atoms with Crippen LogP contribution in [0.3, 0.4) is 0 Å². The minimum atomic E-state index is -4.33. The highest BCUT2D eigenvalue weighted by Crippen LogP contribution is 2.27. The second kappa shape index (κ2) is 5.51. The Balaban J connectivity index is 2.02. The van der Waals surface area contributed by atoms with Gasteiger partial charge in [-0.2, -0.15) is 8.42 Å². The summed E-state index contributed by atoms with van der Waals surface area (Å²) in [5, 5.41) is 2.43. The standard InChI is InChI=1S/C20H11NO6S/c22-18-14-4-2-1-3-13(14)17-20(19(18)23)27-15-8-5-10-9-11(28(24,25)26)6-7-12(10)16(15)21-17/h1-9,21H,(H,24,25,26). The van der Waals surface area contributed by atoms with Crippen molar-refractivity contribution < 1.29 is 17.4 Å². The van der Waals surface area contributed by atoms with E-state index in [1.165, 1.54) is 12.1 Å². The van der Waals surface area contributed by atoms with E-state index in [9.17, 15) is 22.6 Å². The Morgan fingerprint density at radius 2 is 1.61 bits per heavy atom. The highest BCUT2D eigenvalue weighted by Gasteiger charge is 2.14. The average Bonchev–Trinajstić information content (AvgIpc) is 2.69. The maximum absolute atomic E-state index is 12.5. The molecule has 5 rings (SSSR count). The molecule has 138 valence electrons.